The van der Waals surface area contributed by atoms with Crippen molar-refractivity contribution in [3.8, 4) is 16.9 Å². The molecule has 2 aromatic carbocycles. The van der Waals surface area contributed by atoms with Crippen LogP contribution in [0.25, 0.3) is 11.1 Å². The van der Waals surface area contributed by atoms with E-state index in [9.17, 15) is 23.6 Å². The summed E-state index contributed by atoms with van der Waals surface area (Å²) in [5.74, 6) is -2.32. The molecule has 0 radical (unpaired) electrons. The highest BCUT2D eigenvalue weighted by Gasteiger charge is 2.51. The molecule has 1 N–H and O–H groups in total. The minimum atomic E-state index is -1.27. The van der Waals surface area contributed by atoms with Crippen LogP contribution in [0.5, 0.6) is 5.75 Å². The maximum absolute atomic E-state index is 14.1. The highest BCUT2D eigenvalue weighted by Crippen LogP contribution is 2.33. The van der Waals surface area contributed by atoms with Gasteiger partial charge in [0.15, 0.2) is 12.2 Å². The van der Waals surface area contributed by atoms with Crippen LogP contribution in [0.2, 0.25) is 0 Å². The molecule has 1 fully saturated rings. The maximum atomic E-state index is 14.1. The lowest BCUT2D eigenvalue weighted by atomic mass is 9.96. The Bertz CT molecular complexity index is 1220. The van der Waals surface area contributed by atoms with E-state index >= 15 is 0 Å². The van der Waals surface area contributed by atoms with E-state index in [-0.39, 0.29) is 5.91 Å². The van der Waals surface area contributed by atoms with Gasteiger partial charge in [0.25, 0.3) is 0 Å². The summed E-state index contributed by atoms with van der Waals surface area (Å²) in [6, 6.07) is 11.1. The topological polar surface area (TPSA) is 126 Å². The van der Waals surface area contributed by atoms with E-state index in [1.807, 2.05) is 0 Å². The Kier molecular flexibility index (Phi) is 10.00. The van der Waals surface area contributed by atoms with Crippen molar-refractivity contribution in [2.24, 2.45) is 0 Å². The van der Waals surface area contributed by atoms with E-state index in [0.29, 0.717) is 29.8 Å². The molecule has 0 spiro atoms. The molecule has 39 heavy (non-hydrogen) atoms. The van der Waals surface area contributed by atoms with E-state index in [1.54, 1.807) is 37.3 Å². The zero-order chi connectivity index (χ0) is 28.7. The number of carbonyl (C=O) groups is 4. The lowest BCUT2D eigenvalue weighted by Gasteiger charge is -2.43. The lowest BCUT2D eigenvalue weighted by molar-refractivity contribution is -0.280. The number of hydrogen-bond acceptors (Lipinski definition) is 9. The number of esters is 3. The molecule has 0 aromatic heterocycles. The van der Waals surface area contributed by atoms with Crippen molar-refractivity contribution >= 4 is 23.8 Å². The SMILES string of the molecule is CC(=O)NCCc1ccc(O[C@H]2O[C@H](C)[C@@H](OC(C)=O)[C@H](OC(C)=O)[C@@H]2OC(C)=O)cc1-c1cccc(F)c1. The molecule has 2 aromatic rings. The van der Waals surface area contributed by atoms with Gasteiger partial charge in [-0.15, -0.1) is 0 Å². The van der Waals surface area contributed by atoms with Crippen molar-refractivity contribution in [1.29, 1.82) is 0 Å². The third kappa shape index (κ3) is 8.25. The second kappa shape index (κ2) is 13.2. The van der Waals surface area contributed by atoms with Gasteiger partial charge >= 0.3 is 17.9 Å². The van der Waals surface area contributed by atoms with Crippen LogP contribution in [0, 0.1) is 5.82 Å². The molecule has 0 saturated carbocycles. The van der Waals surface area contributed by atoms with Gasteiger partial charge in [0.1, 0.15) is 11.6 Å². The summed E-state index contributed by atoms with van der Waals surface area (Å²) in [5.41, 5.74) is 2.06. The van der Waals surface area contributed by atoms with Crippen molar-refractivity contribution < 1.29 is 47.3 Å². The maximum Gasteiger partial charge on any atom is 0.303 e. The van der Waals surface area contributed by atoms with Gasteiger partial charge in [0.2, 0.25) is 18.3 Å². The first-order valence-electron chi connectivity index (χ1n) is 12.4. The molecule has 10 nitrogen and oxygen atoms in total. The third-order valence-corrected chi connectivity index (χ3v) is 5.87. The molecular formula is C28H32FNO9. The molecular weight excluding hydrogens is 513 g/mol. The summed E-state index contributed by atoms with van der Waals surface area (Å²) >= 11 is 0. The largest absolute Gasteiger partial charge is 0.461 e. The molecule has 3 rings (SSSR count). The first kappa shape index (κ1) is 29.6. The van der Waals surface area contributed by atoms with Crippen LogP contribution in [0.15, 0.2) is 42.5 Å². The van der Waals surface area contributed by atoms with Gasteiger partial charge in [-0.1, -0.05) is 18.2 Å². The Labute approximate surface area is 225 Å². The van der Waals surface area contributed by atoms with Crippen molar-refractivity contribution in [2.75, 3.05) is 6.54 Å². The fourth-order valence-corrected chi connectivity index (χ4v) is 4.34. The molecule has 1 aliphatic heterocycles. The molecule has 0 aliphatic carbocycles. The van der Waals surface area contributed by atoms with Crippen LogP contribution < -0.4 is 10.1 Å². The number of nitrogens with one attached hydrogen (secondary N) is 1. The minimum Gasteiger partial charge on any atom is -0.461 e. The molecule has 1 aliphatic rings. The minimum absolute atomic E-state index is 0.170. The van der Waals surface area contributed by atoms with Gasteiger partial charge in [-0.2, -0.15) is 0 Å². The van der Waals surface area contributed by atoms with Crippen LogP contribution in [0.1, 0.15) is 40.2 Å². The van der Waals surface area contributed by atoms with Gasteiger partial charge < -0.3 is 29.0 Å². The lowest BCUT2D eigenvalue weighted by Crippen LogP contribution is -2.62. The van der Waals surface area contributed by atoms with E-state index in [2.05, 4.69) is 5.32 Å². The Morgan fingerprint density at radius 1 is 0.872 bits per heavy atom. The normalized spacial score (nSPS) is 22.4. The second-order valence-electron chi connectivity index (χ2n) is 9.11. The van der Waals surface area contributed by atoms with Crippen LogP contribution in [0.4, 0.5) is 4.39 Å². The van der Waals surface area contributed by atoms with E-state index in [0.717, 1.165) is 5.56 Å². The number of ether oxygens (including phenoxy) is 5. The Balaban J connectivity index is 1.98. The van der Waals surface area contributed by atoms with Crippen molar-refractivity contribution in [1.82, 2.24) is 5.32 Å². The fraction of sp³-hybridized carbons (Fsp3) is 0.429. The number of rotatable bonds is 9. The molecule has 0 unspecified atom stereocenters. The molecule has 210 valence electrons. The second-order valence-corrected chi connectivity index (χ2v) is 9.11. The van der Waals surface area contributed by atoms with Crippen molar-refractivity contribution in [3.05, 3.63) is 53.8 Å². The summed E-state index contributed by atoms with van der Waals surface area (Å²) in [4.78, 5) is 46.9. The van der Waals surface area contributed by atoms with Gasteiger partial charge in [0, 0.05) is 34.2 Å². The smallest absolute Gasteiger partial charge is 0.303 e. The third-order valence-electron chi connectivity index (χ3n) is 5.87. The average Bonchev–Trinajstić information content (AvgIpc) is 2.83. The van der Waals surface area contributed by atoms with E-state index < -0.39 is 54.4 Å². The predicted molar refractivity (Wildman–Crippen MR) is 136 cm³/mol. The monoisotopic (exact) mass is 545 g/mol. The molecule has 5 atom stereocenters. The predicted octanol–water partition coefficient (Wildman–Crippen LogP) is 3.09. The molecule has 11 heteroatoms. The summed E-state index contributed by atoms with van der Waals surface area (Å²) in [7, 11) is 0. The summed E-state index contributed by atoms with van der Waals surface area (Å²) < 4.78 is 42.3. The summed E-state index contributed by atoms with van der Waals surface area (Å²) in [6.07, 6.45) is -5.11. The number of halogens is 1. The molecule has 1 saturated heterocycles. The standard InChI is InChI=1S/C28H32FNO9/c1-15-25(36-17(3)32)26(37-18(4)33)27(38-19(5)34)28(35-15)39-23-10-9-20(11-12-30-16(2)31)24(14-23)21-7-6-8-22(29)13-21/h6-10,13-15,25-28H,11-12H2,1-5H3,(H,30,31)/t15-,25-,26+,27+,28-/m1/s1. The highest BCUT2D eigenvalue weighted by molar-refractivity contribution is 5.73. The van der Waals surface area contributed by atoms with E-state index in [4.69, 9.17) is 23.7 Å². The van der Waals surface area contributed by atoms with Crippen LogP contribution in [-0.2, 0) is 44.5 Å². The van der Waals surface area contributed by atoms with Crippen LogP contribution in [-0.4, -0.2) is 61.1 Å². The first-order chi connectivity index (χ1) is 18.4. The zero-order valence-electron chi connectivity index (χ0n) is 22.4. The molecule has 0 bridgehead atoms. The van der Waals surface area contributed by atoms with Gasteiger partial charge in [0.05, 0.1) is 6.10 Å². The summed E-state index contributed by atoms with van der Waals surface area (Å²) in [6.45, 7) is 6.95. The van der Waals surface area contributed by atoms with Crippen molar-refractivity contribution in [2.45, 2.75) is 71.7 Å². The quantitative estimate of drug-likeness (QED) is 0.374. The fourth-order valence-electron chi connectivity index (χ4n) is 4.34. The Morgan fingerprint density at radius 3 is 2.13 bits per heavy atom. The Hall–Kier alpha value is -3.99. The number of benzene rings is 2. The van der Waals surface area contributed by atoms with Gasteiger partial charge in [-0.05, 0) is 54.3 Å². The number of amides is 1. The molecule has 1 heterocycles. The highest BCUT2D eigenvalue weighted by atomic mass is 19.1. The molecule has 1 amide bonds. The van der Waals surface area contributed by atoms with Crippen LogP contribution >= 0.6 is 0 Å². The first-order valence-corrected chi connectivity index (χ1v) is 12.4. The van der Waals surface area contributed by atoms with Crippen molar-refractivity contribution in [3.63, 3.8) is 0 Å². The number of hydrogen-bond donors (Lipinski definition) is 1. The van der Waals surface area contributed by atoms with E-state index in [1.165, 1.54) is 39.8 Å². The summed E-state index contributed by atoms with van der Waals surface area (Å²) in [5, 5.41) is 2.74. The Morgan fingerprint density at radius 2 is 1.51 bits per heavy atom. The van der Waals surface area contributed by atoms with Crippen LogP contribution in [0.3, 0.4) is 0 Å². The zero-order valence-corrected chi connectivity index (χ0v) is 22.4. The van der Waals surface area contributed by atoms with Gasteiger partial charge in [-0.3, -0.25) is 19.2 Å². The number of carbonyl (C=O) groups excluding carboxylic acids is 4. The average molecular weight is 546 g/mol. The van der Waals surface area contributed by atoms with Gasteiger partial charge in [-0.25, -0.2) is 4.39 Å².